The molecule has 26 heavy (non-hydrogen) atoms. The van der Waals surface area contributed by atoms with E-state index in [9.17, 15) is 18.0 Å². The number of hydrogen-bond donors (Lipinski definition) is 2. The number of rotatable bonds is 4. The second-order valence-corrected chi connectivity index (χ2v) is 5.74. The topological polar surface area (TPSA) is 59.6 Å². The van der Waals surface area contributed by atoms with E-state index in [-0.39, 0.29) is 0 Å². The van der Waals surface area contributed by atoms with Crippen LogP contribution >= 0.6 is 0 Å². The quantitative estimate of drug-likeness (QED) is 0.849. The van der Waals surface area contributed by atoms with Gasteiger partial charge in [-0.05, 0) is 17.7 Å². The van der Waals surface area contributed by atoms with Crippen molar-refractivity contribution in [2.24, 2.45) is 0 Å². The maximum Gasteiger partial charge on any atom is 0.391 e. The fourth-order valence-corrected chi connectivity index (χ4v) is 2.62. The number of ether oxygens (including phenoxy) is 2. The maximum atomic E-state index is 12.9. The third kappa shape index (κ3) is 4.81. The lowest BCUT2D eigenvalue weighted by Gasteiger charge is -2.22. The second-order valence-electron chi connectivity index (χ2n) is 5.74. The normalized spacial score (nSPS) is 14.4. The highest BCUT2D eigenvalue weighted by Crippen LogP contribution is 2.33. The Morgan fingerprint density at radius 1 is 1.04 bits per heavy atom. The van der Waals surface area contributed by atoms with Crippen LogP contribution in [0.25, 0.3) is 0 Å². The Balaban J connectivity index is 1.69. The van der Waals surface area contributed by atoms with Crippen molar-refractivity contribution in [3.05, 3.63) is 54.1 Å². The Morgan fingerprint density at radius 2 is 1.73 bits per heavy atom. The van der Waals surface area contributed by atoms with E-state index in [1.165, 1.54) is 0 Å². The predicted molar refractivity (Wildman–Crippen MR) is 89.4 cm³/mol. The zero-order chi connectivity index (χ0) is 18.6. The Kier molecular flexibility index (Phi) is 5.20. The van der Waals surface area contributed by atoms with Crippen molar-refractivity contribution >= 4 is 11.7 Å². The summed E-state index contributed by atoms with van der Waals surface area (Å²) in [7, 11) is 0. The molecule has 0 bridgehead atoms. The number of halogens is 3. The van der Waals surface area contributed by atoms with E-state index in [1.807, 2.05) is 0 Å². The number of carbonyl (C=O) groups is 1. The van der Waals surface area contributed by atoms with Crippen molar-refractivity contribution < 1.29 is 27.4 Å². The van der Waals surface area contributed by atoms with Gasteiger partial charge in [0.1, 0.15) is 13.2 Å². The van der Waals surface area contributed by atoms with Gasteiger partial charge in [0.05, 0.1) is 12.5 Å². The van der Waals surface area contributed by atoms with Crippen LogP contribution in [-0.2, 0) is 0 Å². The highest BCUT2D eigenvalue weighted by Gasteiger charge is 2.33. The number of urea groups is 1. The summed E-state index contributed by atoms with van der Waals surface area (Å²) in [6.45, 7) is 0.834. The lowest BCUT2D eigenvalue weighted by molar-refractivity contribution is -0.139. The molecule has 2 aromatic carbocycles. The molecule has 1 aliphatic rings. The van der Waals surface area contributed by atoms with E-state index in [2.05, 4.69) is 10.6 Å². The molecular weight excluding hydrogens is 349 g/mol. The van der Waals surface area contributed by atoms with Gasteiger partial charge in [-0.25, -0.2) is 4.79 Å². The molecular formula is C18H17F3N2O3. The first-order valence-corrected chi connectivity index (χ1v) is 7.99. The first kappa shape index (κ1) is 17.9. The molecule has 2 amide bonds. The average Bonchev–Trinajstić information content (AvgIpc) is 2.60. The third-order valence-corrected chi connectivity index (χ3v) is 3.74. The zero-order valence-electron chi connectivity index (χ0n) is 13.7. The monoisotopic (exact) mass is 366 g/mol. The van der Waals surface area contributed by atoms with Crippen LogP contribution in [-0.4, -0.2) is 25.4 Å². The number of hydrogen-bond acceptors (Lipinski definition) is 3. The first-order chi connectivity index (χ1) is 12.4. The number of carbonyl (C=O) groups excluding carboxylic acids is 1. The van der Waals surface area contributed by atoms with Gasteiger partial charge in [-0.1, -0.05) is 30.3 Å². The van der Waals surface area contributed by atoms with Crippen molar-refractivity contribution in [1.29, 1.82) is 0 Å². The summed E-state index contributed by atoms with van der Waals surface area (Å²) < 4.78 is 49.4. The molecule has 1 aliphatic heterocycles. The number of alkyl halides is 3. The van der Waals surface area contributed by atoms with Gasteiger partial charge in [-0.3, -0.25) is 0 Å². The fourth-order valence-electron chi connectivity index (χ4n) is 2.62. The Labute approximate surface area is 148 Å². The molecule has 2 N–H and O–H groups in total. The summed E-state index contributed by atoms with van der Waals surface area (Å²) in [6, 6.07) is 10.9. The number of fused-ring (bicyclic) bond motifs is 1. The summed E-state index contributed by atoms with van der Waals surface area (Å²) in [5.74, 6) is 1.03. The SMILES string of the molecule is O=C(Nc1ccc2c(c1)OCCO2)NC(CC(F)(F)F)c1ccccc1. The highest BCUT2D eigenvalue weighted by molar-refractivity contribution is 5.90. The smallest absolute Gasteiger partial charge is 0.391 e. The summed E-state index contributed by atoms with van der Waals surface area (Å²) in [4.78, 5) is 12.2. The molecule has 0 fully saturated rings. The summed E-state index contributed by atoms with van der Waals surface area (Å²) in [6.07, 6.45) is -5.57. The minimum Gasteiger partial charge on any atom is -0.486 e. The van der Waals surface area contributed by atoms with Crippen molar-refractivity contribution in [3.8, 4) is 11.5 Å². The van der Waals surface area contributed by atoms with E-state index in [4.69, 9.17) is 9.47 Å². The predicted octanol–water partition coefficient (Wildman–Crippen LogP) is 4.27. The molecule has 0 saturated carbocycles. The fraction of sp³-hybridized carbons (Fsp3) is 0.278. The van der Waals surface area contributed by atoms with Crippen LogP contribution < -0.4 is 20.1 Å². The molecule has 0 spiro atoms. The van der Waals surface area contributed by atoms with E-state index in [0.717, 1.165) is 0 Å². The average molecular weight is 366 g/mol. The van der Waals surface area contributed by atoms with Gasteiger partial charge < -0.3 is 20.1 Å². The van der Waals surface area contributed by atoms with E-state index >= 15 is 0 Å². The van der Waals surface area contributed by atoms with Gasteiger partial charge in [-0.2, -0.15) is 13.2 Å². The molecule has 2 aromatic rings. The minimum atomic E-state index is -4.41. The van der Waals surface area contributed by atoms with Gasteiger partial charge in [0, 0.05) is 11.8 Å². The zero-order valence-corrected chi connectivity index (χ0v) is 13.7. The van der Waals surface area contributed by atoms with Crippen molar-refractivity contribution in [3.63, 3.8) is 0 Å². The molecule has 0 radical (unpaired) electrons. The standard InChI is InChI=1S/C18H17F3N2O3/c19-18(20,21)11-14(12-4-2-1-3-5-12)23-17(24)22-13-6-7-15-16(10-13)26-9-8-25-15/h1-7,10,14H,8-9,11H2,(H2,22,23,24). The van der Waals surface area contributed by atoms with E-state index in [0.29, 0.717) is 36.0 Å². The van der Waals surface area contributed by atoms with Gasteiger partial charge in [0.2, 0.25) is 0 Å². The lowest BCUT2D eigenvalue weighted by atomic mass is 10.0. The highest BCUT2D eigenvalue weighted by atomic mass is 19.4. The summed E-state index contributed by atoms with van der Waals surface area (Å²) >= 11 is 0. The van der Waals surface area contributed by atoms with Crippen LogP contribution in [0, 0.1) is 0 Å². The molecule has 8 heteroatoms. The Hall–Kier alpha value is -2.90. The van der Waals surface area contributed by atoms with Crippen molar-refractivity contribution in [2.75, 3.05) is 18.5 Å². The van der Waals surface area contributed by atoms with Crippen LogP contribution in [0.1, 0.15) is 18.0 Å². The number of amides is 2. The van der Waals surface area contributed by atoms with Gasteiger partial charge >= 0.3 is 12.2 Å². The van der Waals surface area contributed by atoms with Crippen LogP contribution in [0.15, 0.2) is 48.5 Å². The number of benzene rings is 2. The van der Waals surface area contributed by atoms with E-state index < -0.39 is 24.7 Å². The Morgan fingerprint density at radius 3 is 2.42 bits per heavy atom. The van der Waals surface area contributed by atoms with Gasteiger partial charge in [0.25, 0.3) is 0 Å². The lowest BCUT2D eigenvalue weighted by Crippen LogP contribution is -2.35. The minimum absolute atomic E-state index is 0.377. The number of nitrogens with one attached hydrogen (secondary N) is 2. The molecule has 1 heterocycles. The van der Waals surface area contributed by atoms with Gasteiger partial charge in [0.15, 0.2) is 11.5 Å². The largest absolute Gasteiger partial charge is 0.486 e. The third-order valence-electron chi connectivity index (χ3n) is 3.74. The molecule has 5 nitrogen and oxygen atoms in total. The molecule has 0 saturated heterocycles. The van der Waals surface area contributed by atoms with Crippen molar-refractivity contribution in [2.45, 2.75) is 18.6 Å². The van der Waals surface area contributed by atoms with Crippen LogP contribution in [0.4, 0.5) is 23.7 Å². The van der Waals surface area contributed by atoms with Crippen molar-refractivity contribution in [1.82, 2.24) is 5.32 Å². The molecule has 1 unspecified atom stereocenters. The number of anilines is 1. The van der Waals surface area contributed by atoms with Crippen LogP contribution in [0.3, 0.4) is 0 Å². The molecule has 0 aromatic heterocycles. The molecule has 1 atom stereocenters. The summed E-state index contributed by atoms with van der Waals surface area (Å²) in [5, 5.41) is 4.90. The second kappa shape index (κ2) is 7.55. The van der Waals surface area contributed by atoms with Gasteiger partial charge in [-0.15, -0.1) is 0 Å². The first-order valence-electron chi connectivity index (χ1n) is 7.99. The molecule has 138 valence electrons. The summed E-state index contributed by atoms with van der Waals surface area (Å²) in [5.41, 5.74) is 0.771. The van der Waals surface area contributed by atoms with E-state index in [1.54, 1.807) is 48.5 Å². The van der Waals surface area contributed by atoms with Crippen LogP contribution in [0.2, 0.25) is 0 Å². The molecule has 0 aliphatic carbocycles. The van der Waals surface area contributed by atoms with Crippen LogP contribution in [0.5, 0.6) is 11.5 Å². The Bertz CT molecular complexity index is 766. The maximum absolute atomic E-state index is 12.9. The molecule has 3 rings (SSSR count).